The van der Waals surface area contributed by atoms with E-state index in [1.807, 2.05) is 0 Å². The van der Waals surface area contributed by atoms with Crippen LogP contribution in [0.4, 0.5) is 11.4 Å². The highest BCUT2D eigenvalue weighted by atomic mass is 35.5. The van der Waals surface area contributed by atoms with Crippen molar-refractivity contribution < 1.29 is 19.8 Å². The maximum absolute atomic E-state index is 11.2. The summed E-state index contributed by atoms with van der Waals surface area (Å²) in [7, 11) is 0. The van der Waals surface area contributed by atoms with Gasteiger partial charge in [-0.25, -0.2) is 4.79 Å². The van der Waals surface area contributed by atoms with Gasteiger partial charge in [-0.2, -0.15) is 0 Å². The summed E-state index contributed by atoms with van der Waals surface area (Å²) in [5, 5.41) is 21.2. The SMILES string of the molecule is O=C(O)Cc1ccc(Nc2ccc(Cl)cc2C(=O)O)cc1. The molecule has 21 heavy (non-hydrogen) atoms. The number of nitrogens with one attached hydrogen (secondary N) is 1. The zero-order valence-corrected chi connectivity index (χ0v) is 11.6. The molecule has 0 aliphatic carbocycles. The van der Waals surface area contributed by atoms with Crippen LogP contribution in [0.2, 0.25) is 5.02 Å². The van der Waals surface area contributed by atoms with Crippen LogP contribution < -0.4 is 5.32 Å². The van der Waals surface area contributed by atoms with Crippen LogP contribution in [0.15, 0.2) is 42.5 Å². The number of hydrogen-bond acceptors (Lipinski definition) is 3. The van der Waals surface area contributed by atoms with Crippen LogP contribution in [0.5, 0.6) is 0 Å². The number of aliphatic carboxylic acids is 1. The summed E-state index contributed by atoms with van der Waals surface area (Å²) in [6.45, 7) is 0. The normalized spacial score (nSPS) is 10.1. The van der Waals surface area contributed by atoms with Crippen molar-refractivity contribution in [3.63, 3.8) is 0 Å². The lowest BCUT2D eigenvalue weighted by Crippen LogP contribution is -2.03. The van der Waals surface area contributed by atoms with Crippen molar-refractivity contribution in [2.75, 3.05) is 5.32 Å². The molecule has 0 saturated carbocycles. The van der Waals surface area contributed by atoms with Crippen LogP contribution in [-0.2, 0) is 11.2 Å². The van der Waals surface area contributed by atoms with Gasteiger partial charge in [0.1, 0.15) is 0 Å². The van der Waals surface area contributed by atoms with Crippen molar-refractivity contribution in [2.45, 2.75) is 6.42 Å². The lowest BCUT2D eigenvalue weighted by atomic mass is 10.1. The Bertz CT molecular complexity index is 683. The molecule has 0 fully saturated rings. The summed E-state index contributed by atoms with van der Waals surface area (Å²) in [4.78, 5) is 21.8. The topological polar surface area (TPSA) is 86.6 Å². The second-order valence-electron chi connectivity index (χ2n) is 4.39. The van der Waals surface area contributed by atoms with Crippen molar-refractivity contribution in [2.24, 2.45) is 0 Å². The van der Waals surface area contributed by atoms with Crippen LogP contribution >= 0.6 is 11.6 Å². The third-order valence-corrected chi connectivity index (χ3v) is 3.04. The number of carboxylic acids is 2. The van der Waals surface area contributed by atoms with Gasteiger partial charge in [0.05, 0.1) is 17.7 Å². The third-order valence-electron chi connectivity index (χ3n) is 2.80. The van der Waals surface area contributed by atoms with Gasteiger partial charge in [0.15, 0.2) is 0 Å². The summed E-state index contributed by atoms with van der Waals surface area (Å²) < 4.78 is 0. The van der Waals surface area contributed by atoms with E-state index in [9.17, 15) is 9.59 Å². The van der Waals surface area contributed by atoms with Gasteiger partial charge in [0.25, 0.3) is 0 Å². The maximum atomic E-state index is 11.2. The van der Waals surface area contributed by atoms with Crippen molar-refractivity contribution in [3.8, 4) is 0 Å². The predicted octanol–water partition coefficient (Wildman–Crippen LogP) is 3.41. The van der Waals surface area contributed by atoms with Crippen molar-refractivity contribution in [1.82, 2.24) is 0 Å². The van der Waals surface area contributed by atoms with E-state index in [1.54, 1.807) is 36.4 Å². The van der Waals surface area contributed by atoms with Crippen LogP contribution in [0.25, 0.3) is 0 Å². The molecule has 0 aromatic heterocycles. The number of benzene rings is 2. The molecule has 0 heterocycles. The molecule has 5 nitrogen and oxygen atoms in total. The van der Waals surface area contributed by atoms with Gasteiger partial charge in [-0.1, -0.05) is 23.7 Å². The zero-order chi connectivity index (χ0) is 15.4. The molecule has 2 aromatic carbocycles. The van der Waals surface area contributed by atoms with Gasteiger partial charge in [-0.05, 0) is 35.9 Å². The molecule has 0 aliphatic heterocycles. The zero-order valence-electron chi connectivity index (χ0n) is 10.8. The van der Waals surface area contributed by atoms with Crippen LogP contribution in [0, 0.1) is 0 Å². The molecule has 0 radical (unpaired) electrons. The fraction of sp³-hybridized carbons (Fsp3) is 0.0667. The highest BCUT2D eigenvalue weighted by Crippen LogP contribution is 2.24. The van der Waals surface area contributed by atoms with E-state index in [0.717, 1.165) is 0 Å². The Morgan fingerprint density at radius 2 is 1.71 bits per heavy atom. The number of hydrogen-bond donors (Lipinski definition) is 3. The monoisotopic (exact) mass is 305 g/mol. The number of carboxylic acid groups (broad SMARTS) is 2. The molecule has 0 bridgehead atoms. The Balaban J connectivity index is 2.22. The molecular weight excluding hydrogens is 294 g/mol. The molecule has 2 aromatic rings. The lowest BCUT2D eigenvalue weighted by Gasteiger charge is -2.10. The van der Waals surface area contributed by atoms with Crippen LogP contribution in [0.3, 0.4) is 0 Å². The van der Waals surface area contributed by atoms with E-state index in [0.29, 0.717) is 22.0 Å². The van der Waals surface area contributed by atoms with E-state index < -0.39 is 11.9 Å². The Morgan fingerprint density at radius 3 is 2.29 bits per heavy atom. The molecule has 3 N–H and O–H groups in total. The maximum Gasteiger partial charge on any atom is 0.337 e. The van der Waals surface area contributed by atoms with Gasteiger partial charge < -0.3 is 15.5 Å². The van der Waals surface area contributed by atoms with Gasteiger partial charge >= 0.3 is 11.9 Å². The standard InChI is InChI=1S/C15H12ClNO4/c16-10-3-6-13(12(8-10)15(20)21)17-11-4-1-9(2-5-11)7-14(18)19/h1-6,8,17H,7H2,(H,18,19)(H,20,21). The first-order chi connectivity index (χ1) is 9.95. The average Bonchev–Trinajstić information content (AvgIpc) is 2.42. The Kier molecular flexibility index (Phi) is 4.45. The Hall–Kier alpha value is -2.53. The molecular formula is C15H12ClNO4. The molecule has 0 spiro atoms. The van der Waals surface area contributed by atoms with Crippen molar-refractivity contribution in [3.05, 3.63) is 58.6 Å². The van der Waals surface area contributed by atoms with Crippen LogP contribution in [-0.4, -0.2) is 22.2 Å². The fourth-order valence-corrected chi connectivity index (χ4v) is 2.01. The molecule has 108 valence electrons. The second-order valence-corrected chi connectivity index (χ2v) is 4.82. The summed E-state index contributed by atoms with van der Waals surface area (Å²) >= 11 is 5.79. The van der Waals surface area contributed by atoms with Gasteiger partial charge in [0.2, 0.25) is 0 Å². The highest BCUT2D eigenvalue weighted by molar-refractivity contribution is 6.31. The molecule has 0 atom stereocenters. The lowest BCUT2D eigenvalue weighted by molar-refractivity contribution is -0.136. The molecule has 0 unspecified atom stereocenters. The second kappa shape index (κ2) is 6.28. The van der Waals surface area contributed by atoms with E-state index >= 15 is 0 Å². The average molecular weight is 306 g/mol. The predicted molar refractivity (Wildman–Crippen MR) is 79.5 cm³/mol. The number of halogens is 1. The largest absolute Gasteiger partial charge is 0.481 e. The number of aromatic carboxylic acids is 1. The molecule has 6 heteroatoms. The smallest absolute Gasteiger partial charge is 0.337 e. The molecule has 0 saturated heterocycles. The minimum Gasteiger partial charge on any atom is -0.481 e. The third kappa shape index (κ3) is 3.97. The Labute approximate surface area is 125 Å². The van der Waals surface area contributed by atoms with E-state index in [4.69, 9.17) is 21.8 Å². The van der Waals surface area contributed by atoms with Gasteiger partial charge in [0, 0.05) is 10.7 Å². The van der Waals surface area contributed by atoms with Gasteiger partial charge in [-0.3, -0.25) is 4.79 Å². The summed E-state index contributed by atoms with van der Waals surface area (Å²) in [5.74, 6) is -1.98. The van der Waals surface area contributed by atoms with Crippen molar-refractivity contribution >= 4 is 34.9 Å². The number of rotatable bonds is 5. The minimum absolute atomic E-state index is 0.0540. The van der Waals surface area contributed by atoms with Gasteiger partial charge in [-0.15, -0.1) is 0 Å². The number of anilines is 2. The molecule has 0 aliphatic rings. The summed E-state index contributed by atoms with van der Waals surface area (Å²) in [5.41, 5.74) is 1.81. The first-order valence-corrected chi connectivity index (χ1v) is 6.44. The Morgan fingerprint density at radius 1 is 1.05 bits per heavy atom. The fourth-order valence-electron chi connectivity index (χ4n) is 1.84. The minimum atomic E-state index is -1.08. The van der Waals surface area contributed by atoms with E-state index in [-0.39, 0.29) is 12.0 Å². The highest BCUT2D eigenvalue weighted by Gasteiger charge is 2.11. The van der Waals surface area contributed by atoms with Crippen LogP contribution in [0.1, 0.15) is 15.9 Å². The first kappa shape index (κ1) is 14.9. The first-order valence-electron chi connectivity index (χ1n) is 6.06. The van der Waals surface area contributed by atoms with Crippen molar-refractivity contribution in [1.29, 1.82) is 0 Å². The van der Waals surface area contributed by atoms with E-state index in [2.05, 4.69) is 5.32 Å². The quantitative estimate of drug-likeness (QED) is 0.788. The number of carbonyl (C=O) groups is 2. The van der Waals surface area contributed by atoms with E-state index in [1.165, 1.54) is 6.07 Å². The summed E-state index contributed by atoms with van der Waals surface area (Å²) in [6.07, 6.45) is -0.0540. The molecule has 2 rings (SSSR count). The molecule has 0 amide bonds. The summed E-state index contributed by atoms with van der Waals surface area (Å²) in [6, 6.07) is 11.3.